The fourth-order valence-electron chi connectivity index (χ4n) is 2.98. The van der Waals surface area contributed by atoms with Gasteiger partial charge in [-0.3, -0.25) is 4.72 Å². The van der Waals surface area contributed by atoms with Crippen LogP contribution in [0.3, 0.4) is 0 Å². The third kappa shape index (κ3) is 4.88. The monoisotopic (exact) mass is 465 g/mol. The van der Waals surface area contributed by atoms with Crippen molar-refractivity contribution in [3.8, 4) is 11.4 Å². The number of hydrogen-bond acceptors (Lipinski definition) is 6. The van der Waals surface area contributed by atoms with Gasteiger partial charge in [0.1, 0.15) is 0 Å². The van der Waals surface area contributed by atoms with Crippen LogP contribution < -0.4 is 4.72 Å². The Morgan fingerprint density at radius 1 is 1.09 bits per heavy atom. The zero-order valence-electron chi connectivity index (χ0n) is 17.0. The van der Waals surface area contributed by atoms with Crippen LogP contribution in [-0.2, 0) is 27.4 Å². The third-order valence-corrected chi connectivity index (χ3v) is 6.00. The van der Waals surface area contributed by atoms with Gasteiger partial charge < -0.3 is 4.74 Å². The maximum atomic E-state index is 13.3. The maximum absolute atomic E-state index is 13.3. The molecule has 2 aromatic carbocycles. The molecule has 0 fully saturated rings. The van der Waals surface area contributed by atoms with Gasteiger partial charge in [-0.15, -0.1) is 0 Å². The predicted molar refractivity (Wildman–Crippen MR) is 110 cm³/mol. The van der Waals surface area contributed by atoms with Gasteiger partial charge in [0.15, 0.2) is 5.82 Å². The first-order valence-electron chi connectivity index (χ1n) is 9.29. The summed E-state index contributed by atoms with van der Waals surface area (Å²) in [6, 6.07) is 8.10. The highest BCUT2D eigenvalue weighted by molar-refractivity contribution is 7.92. The number of nitrogens with zero attached hydrogens (tertiary/aromatic N) is 2. The van der Waals surface area contributed by atoms with Gasteiger partial charge in [0, 0.05) is 18.0 Å². The lowest BCUT2D eigenvalue weighted by atomic mass is 10.1. The van der Waals surface area contributed by atoms with Crippen molar-refractivity contribution in [3.63, 3.8) is 0 Å². The molecule has 0 radical (unpaired) electrons. The Morgan fingerprint density at radius 3 is 2.38 bits per heavy atom. The van der Waals surface area contributed by atoms with Gasteiger partial charge in [-0.1, -0.05) is 13.0 Å². The molecular weight excluding hydrogens is 447 g/mol. The van der Waals surface area contributed by atoms with E-state index in [1.807, 2.05) is 0 Å². The SMILES string of the molecule is CCc1ccc(C(=O)OC)cc1S(=O)(=O)Nc1cc(C(F)(F)F)ccc1-c1ncccn1. The van der Waals surface area contributed by atoms with Crippen molar-refractivity contribution in [1.82, 2.24) is 9.97 Å². The van der Waals surface area contributed by atoms with E-state index in [0.717, 1.165) is 25.3 Å². The maximum Gasteiger partial charge on any atom is 0.416 e. The molecular formula is C21H18F3N3O4S. The summed E-state index contributed by atoms with van der Waals surface area (Å²) in [6.45, 7) is 1.71. The van der Waals surface area contributed by atoms with Gasteiger partial charge in [-0.25, -0.2) is 23.2 Å². The highest BCUT2D eigenvalue weighted by Crippen LogP contribution is 2.36. The fraction of sp³-hybridized carbons (Fsp3) is 0.190. The molecule has 0 spiro atoms. The topological polar surface area (TPSA) is 98.2 Å². The highest BCUT2D eigenvalue weighted by Gasteiger charge is 2.32. The van der Waals surface area contributed by atoms with Gasteiger partial charge in [-0.05, 0) is 48.4 Å². The zero-order valence-corrected chi connectivity index (χ0v) is 17.8. The molecule has 3 rings (SSSR count). The normalized spacial score (nSPS) is 11.8. The molecule has 0 aliphatic heterocycles. The van der Waals surface area contributed by atoms with Crippen molar-refractivity contribution in [2.45, 2.75) is 24.4 Å². The lowest BCUT2D eigenvalue weighted by molar-refractivity contribution is -0.137. The van der Waals surface area contributed by atoms with Crippen LogP contribution in [0.4, 0.5) is 18.9 Å². The molecule has 0 unspecified atom stereocenters. The molecule has 0 bridgehead atoms. The first kappa shape index (κ1) is 23.2. The summed E-state index contributed by atoms with van der Waals surface area (Å²) in [5, 5.41) is 0. The number of rotatable bonds is 6. The van der Waals surface area contributed by atoms with Crippen LogP contribution in [-0.4, -0.2) is 31.5 Å². The minimum Gasteiger partial charge on any atom is -0.465 e. The zero-order chi connectivity index (χ0) is 23.5. The molecule has 1 heterocycles. The highest BCUT2D eigenvalue weighted by atomic mass is 32.2. The molecule has 32 heavy (non-hydrogen) atoms. The second kappa shape index (κ2) is 8.95. The molecule has 3 aromatic rings. The molecule has 1 aromatic heterocycles. The lowest BCUT2D eigenvalue weighted by Gasteiger charge is -2.17. The standard InChI is InChI=1S/C21H18F3N3O4S/c1-3-13-5-6-14(20(28)31-2)11-18(13)32(29,30)27-17-12-15(21(22,23)24)7-8-16(17)19-25-9-4-10-26-19/h4-12,27H,3H2,1-2H3. The Labute approximate surface area is 182 Å². The number of carbonyl (C=O) groups excluding carboxylic acids is 1. The number of hydrogen-bond donors (Lipinski definition) is 1. The first-order chi connectivity index (χ1) is 15.1. The van der Waals surface area contributed by atoms with Crippen LogP contribution in [0.25, 0.3) is 11.4 Å². The number of carbonyl (C=O) groups is 1. The van der Waals surface area contributed by atoms with Gasteiger partial charge in [-0.2, -0.15) is 13.2 Å². The predicted octanol–water partition coefficient (Wildman–Crippen LogP) is 4.31. The number of anilines is 1. The summed E-state index contributed by atoms with van der Waals surface area (Å²) in [4.78, 5) is 19.6. The summed E-state index contributed by atoms with van der Waals surface area (Å²) in [5.41, 5.74) is -0.981. The number of aromatic nitrogens is 2. The van der Waals surface area contributed by atoms with E-state index in [-0.39, 0.29) is 27.5 Å². The van der Waals surface area contributed by atoms with Crippen LogP contribution in [0.1, 0.15) is 28.4 Å². The van der Waals surface area contributed by atoms with Crippen molar-refractivity contribution < 1.29 is 31.1 Å². The second-order valence-electron chi connectivity index (χ2n) is 6.60. The van der Waals surface area contributed by atoms with Gasteiger partial charge in [0.25, 0.3) is 10.0 Å². The first-order valence-corrected chi connectivity index (χ1v) is 10.8. The average molecular weight is 465 g/mol. The quantitative estimate of drug-likeness (QED) is 0.545. The Bertz CT molecular complexity index is 1250. The van der Waals surface area contributed by atoms with E-state index < -0.39 is 27.7 Å². The van der Waals surface area contributed by atoms with Crippen LogP contribution in [0, 0.1) is 0 Å². The summed E-state index contributed by atoms with van der Waals surface area (Å²) in [5.74, 6) is -0.709. The fourth-order valence-corrected chi connectivity index (χ4v) is 4.39. The van der Waals surface area contributed by atoms with Gasteiger partial charge in [0.05, 0.1) is 28.8 Å². The molecule has 0 saturated carbocycles. The number of sulfonamides is 1. The number of alkyl halides is 3. The molecule has 0 saturated heterocycles. The molecule has 0 amide bonds. The summed E-state index contributed by atoms with van der Waals surface area (Å²) < 4.78 is 73.1. The minimum absolute atomic E-state index is 0.0132. The van der Waals surface area contributed by atoms with E-state index in [4.69, 9.17) is 0 Å². The largest absolute Gasteiger partial charge is 0.465 e. The van der Waals surface area contributed by atoms with Crippen molar-refractivity contribution >= 4 is 21.7 Å². The number of halogens is 3. The molecule has 0 atom stereocenters. The van der Waals surface area contributed by atoms with Crippen LogP contribution >= 0.6 is 0 Å². The molecule has 0 aliphatic rings. The molecule has 0 aliphatic carbocycles. The number of ether oxygens (including phenoxy) is 1. The second-order valence-corrected chi connectivity index (χ2v) is 8.25. The summed E-state index contributed by atoms with van der Waals surface area (Å²) in [6.07, 6.45) is -1.63. The van der Waals surface area contributed by atoms with E-state index in [9.17, 15) is 26.4 Å². The smallest absolute Gasteiger partial charge is 0.416 e. The minimum atomic E-state index is -4.70. The van der Waals surface area contributed by atoms with Crippen LogP contribution in [0.2, 0.25) is 0 Å². The van der Waals surface area contributed by atoms with E-state index >= 15 is 0 Å². The van der Waals surface area contributed by atoms with Crippen molar-refractivity contribution in [2.75, 3.05) is 11.8 Å². The van der Waals surface area contributed by atoms with Gasteiger partial charge in [0.2, 0.25) is 0 Å². The van der Waals surface area contributed by atoms with Gasteiger partial charge >= 0.3 is 12.1 Å². The average Bonchev–Trinajstić information content (AvgIpc) is 2.77. The van der Waals surface area contributed by atoms with Crippen LogP contribution in [0.5, 0.6) is 0 Å². The van der Waals surface area contributed by atoms with Crippen LogP contribution in [0.15, 0.2) is 59.8 Å². The molecule has 1 N–H and O–H groups in total. The van der Waals surface area contributed by atoms with Crippen molar-refractivity contribution in [1.29, 1.82) is 0 Å². The number of aryl methyl sites for hydroxylation is 1. The number of esters is 1. The van der Waals surface area contributed by atoms with Crippen molar-refractivity contribution in [3.05, 3.63) is 71.5 Å². The Morgan fingerprint density at radius 2 is 1.78 bits per heavy atom. The molecule has 168 valence electrons. The Kier molecular flexibility index (Phi) is 6.49. The number of methoxy groups -OCH3 is 1. The number of nitrogens with one attached hydrogen (secondary N) is 1. The molecule has 11 heteroatoms. The summed E-state index contributed by atoms with van der Waals surface area (Å²) in [7, 11) is -3.24. The lowest BCUT2D eigenvalue weighted by Crippen LogP contribution is -2.17. The van der Waals surface area contributed by atoms with E-state index in [1.165, 1.54) is 30.6 Å². The van der Waals surface area contributed by atoms with E-state index in [1.54, 1.807) is 6.92 Å². The third-order valence-electron chi connectivity index (χ3n) is 4.56. The molecule has 7 nitrogen and oxygen atoms in total. The Hall–Kier alpha value is -3.47. The number of benzene rings is 2. The van der Waals surface area contributed by atoms with E-state index in [2.05, 4.69) is 19.4 Å². The van der Waals surface area contributed by atoms with E-state index in [0.29, 0.717) is 18.1 Å². The summed E-state index contributed by atoms with van der Waals surface area (Å²) >= 11 is 0. The Balaban J connectivity index is 2.15. The van der Waals surface area contributed by atoms with Crippen molar-refractivity contribution in [2.24, 2.45) is 0 Å².